The number of amides is 1. The van der Waals surface area contributed by atoms with Gasteiger partial charge in [-0.05, 0) is 50.1 Å². The molecule has 0 aliphatic rings. The summed E-state index contributed by atoms with van der Waals surface area (Å²) in [5.74, 6) is 1.13. The number of unbranched alkanes of at least 4 members (excludes halogenated alkanes) is 1. The topological polar surface area (TPSA) is 97.7 Å². The monoisotopic (exact) mass is 406 g/mol. The molecule has 8 nitrogen and oxygen atoms in total. The van der Waals surface area contributed by atoms with E-state index in [1.54, 1.807) is 4.68 Å². The Kier molecular flexibility index (Phi) is 5.39. The van der Waals surface area contributed by atoms with E-state index in [9.17, 15) is 4.79 Å². The standard InChI is InChI=1S/C22H26N6O2/c1-5-6-7-18-25-16-9-8-15(11-17(16)26-18)24-19(29)12-30-22-20-13(2)10-14(3)23-21(20)28(4)27-22/h8-11H,5-7,12H2,1-4H3,(H,24,29)(H,25,26). The van der Waals surface area contributed by atoms with Crippen molar-refractivity contribution in [2.45, 2.75) is 40.0 Å². The van der Waals surface area contributed by atoms with Crippen LogP contribution in [0.4, 0.5) is 5.69 Å². The molecule has 4 rings (SSSR count). The van der Waals surface area contributed by atoms with Gasteiger partial charge in [0.05, 0.1) is 16.4 Å². The lowest BCUT2D eigenvalue weighted by atomic mass is 10.2. The van der Waals surface area contributed by atoms with E-state index in [0.29, 0.717) is 11.6 Å². The number of aryl methyl sites for hydroxylation is 4. The van der Waals surface area contributed by atoms with Crippen molar-refractivity contribution in [3.05, 3.63) is 41.3 Å². The lowest BCUT2D eigenvalue weighted by molar-refractivity contribution is -0.118. The first-order chi connectivity index (χ1) is 14.4. The highest BCUT2D eigenvalue weighted by Gasteiger charge is 2.16. The normalized spacial score (nSPS) is 11.3. The molecule has 1 amide bonds. The Morgan fingerprint density at radius 2 is 2.07 bits per heavy atom. The molecular formula is C22H26N6O2. The van der Waals surface area contributed by atoms with Crippen molar-refractivity contribution in [2.75, 3.05) is 11.9 Å². The summed E-state index contributed by atoms with van der Waals surface area (Å²) in [7, 11) is 1.82. The van der Waals surface area contributed by atoms with E-state index < -0.39 is 0 Å². The van der Waals surface area contributed by atoms with Crippen molar-refractivity contribution in [2.24, 2.45) is 7.05 Å². The minimum absolute atomic E-state index is 0.137. The molecule has 0 saturated heterocycles. The third kappa shape index (κ3) is 3.98. The van der Waals surface area contributed by atoms with Gasteiger partial charge in [-0.3, -0.25) is 4.79 Å². The second kappa shape index (κ2) is 8.14. The molecule has 0 aliphatic carbocycles. The average molecular weight is 406 g/mol. The quantitative estimate of drug-likeness (QED) is 0.486. The summed E-state index contributed by atoms with van der Waals surface area (Å²) < 4.78 is 7.40. The number of anilines is 1. The van der Waals surface area contributed by atoms with Crippen molar-refractivity contribution >= 4 is 33.7 Å². The van der Waals surface area contributed by atoms with E-state index in [4.69, 9.17) is 4.74 Å². The summed E-state index contributed by atoms with van der Waals surface area (Å²) in [6, 6.07) is 7.62. The van der Waals surface area contributed by atoms with Gasteiger partial charge in [0, 0.05) is 24.8 Å². The molecule has 3 aromatic heterocycles. The number of pyridine rings is 1. The molecule has 0 radical (unpaired) electrons. The van der Waals surface area contributed by atoms with Gasteiger partial charge < -0.3 is 15.0 Å². The molecule has 1 aromatic carbocycles. The molecule has 0 fully saturated rings. The first kappa shape index (κ1) is 19.9. The molecular weight excluding hydrogens is 380 g/mol. The summed E-state index contributed by atoms with van der Waals surface area (Å²) in [5, 5.41) is 8.08. The molecule has 0 bridgehead atoms. The number of nitrogens with one attached hydrogen (secondary N) is 2. The summed E-state index contributed by atoms with van der Waals surface area (Å²) >= 11 is 0. The second-order valence-electron chi connectivity index (χ2n) is 7.56. The smallest absolute Gasteiger partial charge is 0.262 e. The van der Waals surface area contributed by atoms with Gasteiger partial charge in [-0.2, -0.15) is 0 Å². The van der Waals surface area contributed by atoms with Crippen LogP contribution < -0.4 is 10.1 Å². The fourth-order valence-corrected chi connectivity index (χ4v) is 3.58. The number of ether oxygens (including phenoxy) is 1. The van der Waals surface area contributed by atoms with Crippen molar-refractivity contribution in [1.29, 1.82) is 0 Å². The first-order valence-electron chi connectivity index (χ1n) is 10.2. The third-order valence-corrected chi connectivity index (χ3v) is 5.01. The van der Waals surface area contributed by atoms with Crippen molar-refractivity contribution in [3.63, 3.8) is 0 Å². The molecule has 4 aromatic rings. The molecule has 8 heteroatoms. The largest absolute Gasteiger partial charge is 0.466 e. The Hall–Kier alpha value is -3.42. The van der Waals surface area contributed by atoms with E-state index in [0.717, 1.165) is 58.4 Å². The maximum Gasteiger partial charge on any atom is 0.262 e. The minimum atomic E-state index is -0.253. The zero-order valence-corrected chi connectivity index (χ0v) is 17.7. The van der Waals surface area contributed by atoms with Gasteiger partial charge in [0.1, 0.15) is 5.82 Å². The Bertz CT molecular complexity index is 1220. The molecule has 0 aliphatic heterocycles. The van der Waals surface area contributed by atoms with Gasteiger partial charge in [-0.15, -0.1) is 5.10 Å². The SMILES string of the molecule is CCCCc1nc2ccc(NC(=O)COc3nn(C)c4nc(C)cc(C)c34)cc2[nH]1. The Morgan fingerprint density at radius 3 is 2.87 bits per heavy atom. The van der Waals surface area contributed by atoms with E-state index in [2.05, 4.69) is 32.3 Å². The highest BCUT2D eigenvalue weighted by atomic mass is 16.5. The molecule has 0 saturated carbocycles. The van der Waals surface area contributed by atoms with E-state index in [-0.39, 0.29) is 12.5 Å². The minimum Gasteiger partial charge on any atom is -0.466 e. The van der Waals surface area contributed by atoms with Crippen LogP contribution in [0.1, 0.15) is 36.8 Å². The number of H-pyrrole nitrogens is 1. The van der Waals surface area contributed by atoms with Gasteiger partial charge in [0.15, 0.2) is 12.3 Å². The summed E-state index contributed by atoms with van der Waals surface area (Å²) in [6.45, 7) is 5.95. The summed E-state index contributed by atoms with van der Waals surface area (Å²) in [5.41, 5.74) is 5.18. The molecule has 0 unspecified atom stereocenters. The fraction of sp³-hybridized carbons (Fsp3) is 0.364. The average Bonchev–Trinajstić information content (AvgIpc) is 3.25. The van der Waals surface area contributed by atoms with Gasteiger partial charge in [0.2, 0.25) is 5.88 Å². The predicted octanol–water partition coefficient (Wildman–Crippen LogP) is 3.82. The highest BCUT2D eigenvalue weighted by molar-refractivity contribution is 5.94. The molecule has 156 valence electrons. The van der Waals surface area contributed by atoms with Crippen LogP contribution in [-0.4, -0.2) is 37.2 Å². The Labute approximate surface area is 174 Å². The maximum atomic E-state index is 12.4. The van der Waals surface area contributed by atoms with Crippen LogP contribution in [-0.2, 0) is 18.3 Å². The lowest BCUT2D eigenvalue weighted by Crippen LogP contribution is -2.20. The Morgan fingerprint density at radius 1 is 1.23 bits per heavy atom. The van der Waals surface area contributed by atoms with Crippen LogP contribution in [0.2, 0.25) is 0 Å². The van der Waals surface area contributed by atoms with Crippen LogP contribution in [0.5, 0.6) is 5.88 Å². The number of rotatable bonds is 7. The van der Waals surface area contributed by atoms with Gasteiger partial charge in [0.25, 0.3) is 5.91 Å². The van der Waals surface area contributed by atoms with Crippen molar-refractivity contribution in [3.8, 4) is 5.88 Å². The number of nitrogens with zero attached hydrogens (tertiary/aromatic N) is 4. The van der Waals surface area contributed by atoms with Crippen LogP contribution in [0.3, 0.4) is 0 Å². The fourth-order valence-electron chi connectivity index (χ4n) is 3.58. The third-order valence-electron chi connectivity index (χ3n) is 5.01. The van der Waals surface area contributed by atoms with Crippen molar-refractivity contribution < 1.29 is 9.53 Å². The first-order valence-corrected chi connectivity index (χ1v) is 10.2. The lowest BCUT2D eigenvalue weighted by Gasteiger charge is -2.07. The molecule has 2 N–H and O–H groups in total. The van der Waals surface area contributed by atoms with Crippen LogP contribution in [0.25, 0.3) is 22.1 Å². The second-order valence-corrected chi connectivity index (χ2v) is 7.56. The zero-order chi connectivity index (χ0) is 21.3. The number of aromatic amines is 1. The van der Waals surface area contributed by atoms with Crippen LogP contribution in [0.15, 0.2) is 24.3 Å². The summed E-state index contributed by atoms with van der Waals surface area (Å²) in [6.07, 6.45) is 3.14. The number of benzene rings is 1. The van der Waals surface area contributed by atoms with Crippen molar-refractivity contribution in [1.82, 2.24) is 24.7 Å². The number of hydrogen-bond donors (Lipinski definition) is 2. The van der Waals surface area contributed by atoms with E-state index in [1.807, 2.05) is 45.2 Å². The number of aromatic nitrogens is 5. The van der Waals surface area contributed by atoms with Gasteiger partial charge >= 0.3 is 0 Å². The van der Waals surface area contributed by atoms with Gasteiger partial charge in [-0.25, -0.2) is 14.6 Å². The predicted molar refractivity (Wildman–Crippen MR) is 117 cm³/mol. The van der Waals surface area contributed by atoms with E-state index >= 15 is 0 Å². The zero-order valence-electron chi connectivity index (χ0n) is 17.7. The van der Waals surface area contributed by atoms with Crippen LogP contribution >= 0.6 is 0 Å². The number of imidazole rings is 1. The highest BCUT2D eigenvalue weighted by Crippen LogP contribution is 2.27. The molecule has 0 spiro atoms. The summed E-state index contributed by atoms with van der Waals surface area (Å²) in [4.78, 5) is 24.9. The van der Waals surface area contributed by atoms with Gasteiger partial charge in [-0.1, -0.05) is 13.3 Å². The van der Waals surface area contributed by atoms with Crippen LogP contribution in [0, 0.1) is 13.8 Å². The molecule has 3 heterocycles. The van der Waals surface area contributed by atoms with E-state index in [1.165, 1.54) is 0 Å². The Balaban J connectivity index is 1.44. The number of carbonyl (C=O) groups is 1. The number of hydrogen-bond acceptors (Lipinski definition) is 5. The number of fused-ring (bicyclic) bond motifs is 2. The molecule has 30 heavy (non-hydrogen) atoms. The maximum absolute atomic E-state index is 12.4. The number of carbonyl (C=O) groups excluding carboxylic acids is 1. The molecule has 0 atom stereocenters.